The Labute approximate surface area is 129 Å². The highest BCUT2D eigenvalue weighted by Gasteiger charge is 2.44. The number of hydrogen-bond donors (Lipinski definition) is 1. The Morgan fingerprint density at radius 2 is 1.95 bits per heavy atom. The van der Waals surface area contributed by atoms with Crippen molar-refractivity contribution in [3.8, 4) is 0 Å². The minimum absolute atomic E-state index is 0.141. The van der Waals surface area contributed by atoms with Crippen LogP contribution in [-0.2, 0) is 28.9 Å². The highest BCUT2D eigenvalue weighted by atomic mass is 32.1. The van der Waals surface area contributed by atoms with E-state index >= 15 is 0 Å². The van der Waals surface area contributed by atoms with Gasteiger partial charge in [-0.15, -0.1) is 11.3 Å². The topological polar surface area (TPSA) is 38.3 Å². The molecule has 21 heavy (non-hydrogen) atoms. The minimum atomic E-state index is -0.621. The van der Waals surface area contributed by atoms with Crippen LogP contribution in [0.1, 0.15) is 22.9 Å². The van der Waals surface area contributed by atoms with Gasteiger partial charge in [0.15, 0.2) is 0 Å². The van der Waals surface area contributed by atoms with Gasteiger partial charge in [0.2, 0.25) is 0 Å². The quantitative estimate of drug-likeness (QED) is 0.863. The van der Waals surface area contributed by atoms with Crippen molar-refractivity contribution in [2.24, 2.45) is 0 Å². The molecule has 1 N–H and O–H groups in total. The van der Waals surface area contributed by atoms with Crippen LogP contribution >= 0.6 is 11.3 Å². The lowest BCUT2D eigenvalue weighted by Crippen LogP contribution is -2.53. The largest absolute Gasteiger partial charge is 0.465 e. The van der Waals surface area contributed by atoms with Crippen LogP contribution in [0.2, 0.25) is 0 Å². The van der Waals surface area contributed by atoms with Gasteiger partial charge in [0.05, 0.1) is 6.61 Å². The molecule has 0 atom stereocenters. The minimum Gasteiger partial charge on any atom is -0.465 e. The summed E-state index contributed by atoms with van der Waals surface area (Å²) < 4.78 is 5.33. The fourth-order valence-electron chi connectivity index (χ4n) is 2.90. The van der Waals surface area contributed by atoms with Gasteiger partial charge in [-0.25, -0.2) is 0 Å². The fraction of sp³-hybridized carbons (Fsp3) is 0.353. The third-order valence-corrected chi connectivity index (χ3v) is 4.83. The molecule has 1 heterocycles. The summed E-state index contributed by atoms with van der Waals surface area (Å²) in [7, 11) is 0. The number of thiophene rings is 1. The van der Waals surface area contributed by atoms with E-state index in [1.54, 1.807) is 11.3 Å². The van der Waals surface area contributed by atoms with Crippen molar-refractivity contribution in [2.45, 2.75) is 31.8 Å². The molecule has 0 aliphatic heterocycles. The van der Waals surface area contributed by atoms with Crippen molar-refractivity contribution < 1.29 is 9.53 Å². The molecule has 0 unspecified atom stereocenters. The van der Waals surface area contributed by atoms with Crippen LogP contribution in [0.15, 0.2) is 41.8 Å². The molecule has 2 aromatic rings. The van der Waals surface area contributed by atoms with Gasteiger partial charge in [0, 0.05) is 24.3 Å². The summed E-state index contributed by atoms with van der Waals surface area (Å²) in [5.41, 5.74) is 1.86. The van der Waals surface area contributed by atoms with Crippen molar-refractivity contribution >= 4 is 17.3 Å². The zero-order valence-electron chi connectivity index (χ0n) is 12.1. The first-order valence-electron chi connectivity index (χ1n) is 7.25. The first-order chi connectivity index (χ1) is 10.2. The van der Waals surface area contributed by atoms with Crippen molar-refractivity contribution in [3.05, 3.63) is 57.8 Å². The number of benzene rings is 1. The molecular weight excluding hydrogens is 282 g/mol. The predicted octanol–water partition coefficient (Wildman–Crippen LogP) is 2.94. The second kappa shape index (κ2) is 6.00. The highest BCUT2D eigenvalue weighted by molar-refractivity contribution is 7.09. The summed E-state index contributed by atoms with van der Waals surface area (Å²) >= 11 is 1.70. The molecule has 0 saturated carbocycles. The van der Waals surface area contributed by atoms with Crippen LogP contribution in [-0.4, -0.2) is 18.1 Å². The summed E-state index contributed by atoms with van der Waals surface area (Å²) in [5.74, 6) is -0.141. The van der Waals surface area contributed by atoms with Gasteiger partial charge in [-0.3, -0.25) is 10.1 Å². The zero-order valence-corrected chi connectivity index (χ0v) is 12.9. The summed E-state index contributed by atoms with van der Waals surface area (Å²) in [6, 6.07) is 12.4. The van der Waals surface area contributed by atoms with E-state index in [1.165, 1.54) is 16.0 Å². The molecule has 3 nitrogen and oxygen atoms in total. The first-order valence-corrected chi connectivity index (χ1v) is 8.13. The first kappa shape index (κ1) is 14.3. The average Bonchev–Trinajstić information content (AvgIpc) is 3.13. The van der Waals surface area contributed by atoms with Crippen LogP contribution in [0.5, 0.6) is 0 Å². The normalized spacial score (nSPS) is 15.7. The van der Waals surface area contributed by atoms with Crippen LogP contribution in [0.3, 0.4) is 0 Å². The Bertz CT molecular complexity index is 596. The smallest absolute Gasteiger partial charge is 0.327 e. The highest BCUT2D eigenvalue weighted by Crippen LogP contribution is 2.31. The van der Waals surface area contributed by atoms with E-state index in [9.17, 15) is 4.79 Å². The van der Waals surface area contributed by atoms with Gasteiger partial charge in [0.1, 0.15) is 5.54 Å². The summed E-state index contributed by atoms with van der Waals surface area (Å²) in [5, 5.41) is 5.52. The number of hydrogen-bond acceptors (Lipinski definition) is 4. The van der Waals surface area contributed by atoms with Gasteiger partial charge >= 0.3 is 5.97 Å². The van der Waals surface area contributed by atoms with Crippen LogP contribution < -0.4 is 5.32 Å². The molecule has 1 aromatic heterocycles. The molecule has 1 aliphatic rings. The molecule has 0 amide bonds. The number of rotatable bonds is 5. The van der Waals surface area contributed by atoms with E-state index in [1.807, 2.05) is 25.1 Å². The van der Waals surface area contributed by atoms with E-state index in [0.29, 0.717) is 26.0 Å². The SMILES string of the molecule is CCOC(=O)C1(NCc2cccs2)Cc2ccccc2C1. The van der Waals surface area contributed by atoms with Crippen molar-refractivity contribution in [3.63, 3.8) is 0 Å². The van der Waals surface area contributed by atoms with Gasteiger partial charge in [-0.05, 0) is 29.5 Å². The van der Waals surface area contributed by atoms with E-state index < -0.39 is 5.54 Å². The van der Waals surface area contributed by atoms with E-state index in [-0.39, 0.29) is 5.97 Å². The fourth-order valence-corrected chi connectivity index (χ4v) is 3.54. The second-order valence-electron chi connectivity index (χ2n) is 5.36. The Balaban J connectivity index is 1.82. The van der Waals surface area contributed by atoms with Gasteiger partial charge < -0.3 is 4.74 Å². The number of fused-ring (bicyclic) bond motifs is 1. The maximum absolute atomic E-state index is 12.5. The Kier molecular flexibility index (Phi) is 4.08. The summed E-state index contributed by atoms with van der Waals surface area (Å²) in [6.07, 6.45) is 1.40. The number of nitrogens with one attached hydrogen (secondary N) is 1. The van der Waals surface area contributed by atoms with Crippen molar-refractivity contribution in [2.75, 3.05) is 6.61 Å². The van der Waals surface area contributed by atoms with Crippen LogP contribution in [0.25, 0.3) is 0 Å². The predicted molar refractivity (Wildman–Crippen MR) is 84.4 cm³/mol. The lowest BCUT2D eigenvalue weighted by Gasteiger charge is -2.27. The molecular formula is C17H19NO2S. The summed E-state index contributed by atoms with van der Waals surface area (Å²) in [4.78, 5) is 13.7. The average molecular weight is 301 g/mol. The van der Waals surface area contributed by atoms with E-state index in [2.05, 4.69) is 28.9 Å². The summed E-state index contributed by atoms with van der Waals surface area (Å²) in [6.45, 7) is 2.97. The molecule has 4 heteroatoms. The van der Waals surface area contributed by atoms with Gasteiger partial charge in [-0.2, -0.15) is 0 Å². The number of ether oxygens (including phenoxy) is 1. The van der Waals surface area contributed by atoms with Crippen LogP contribution in [0.4, 0.5) is 0 Å². The molecule has 0 spiro atoms. The third-order valence-electron chi connectivity index (χ3n) is 3.95. The van der Waals surface area contributed by atoms with E-state index in [4.69, 9.17) is 4.74 Å². The van der Waals surface area contributed by atoms with Crippen LogP contribution in [0, 0.1) is 0 Å². The standard InChI is InChI=1S/C17H19NO2S/c1-2-20-16(19)17(18-12-15-8-5-9-21-15)10-13-6-3-4-7-14(13)11-17/h3-9,18H,2,10-12H2,1H3. The molecule has 0 fully saturated rings. The molecule has 0 saturated heterocycles. The van der Waals surface area contributed by atoms with E-state index in [0.717, 1.165) is 0 Å². The maximum atomic E-state index is 12.5. The van der Waals surface area contributed by atoms with Gasteiger partial charge in [-0.1, -0.05) is 30.3 Å². The molecule has 0 bridgehead atoms. The van der Waals surface area contributed by atoms with Gasteiger partial charge in [0.25, 0.3) is 0 Å². The number of carbonyl (C=O) groups is 1. The monoisotopic (exact) mass is 301 g/mol. The Morgan fingerprint density at radius 1 is 1.24 bits per heavy atom. The molecule has 1 aromatic carbocycles. The Morgan fingerprint density at radius 3 is 2.52 bits per heavy atom. The van der Waals surface area contributed by atoms with Crippen molar-refractivity contribution in [1.29, 1.82) is 0 Å². The molecule has 110 valence electrons. The zero-order chi connectivity index (χ0) is 14.7. The lowest BCUT2D eigenvalue weighted by atomic mass is 9.95. The maximum Gasteiger partial charge on any atom is 0.327 e. The number of esters is 1. The second-order valence-corrected chi connectivity index (χ2v) is 6.39. The third kappa shape index (κ3) is 2.87. The molecule has 3 rings (SSSR count). The Hall–Kier alpha value is -1.65. The van der Waals surface area contributed by atoms with Crippen molar-refractivity contribution in [1.82, 2.24) is 5.32 Å². The number of carbonyl (C=O) groups excluding carboxylic acids is 1. The molecule has 0 radical (unpaired) electrons. The molecule has 1 aliphatic carbocycles. The lowest BCUT2D eigenvalue weighted by molar-refractivity contribution is -0.151.